The second kappa shape index (κ2) is 9.74. The van der Waals surface area contributed by atoms with Gasteiger partial charge in [0.15, 0.2) is 6.61 Å². The van der Waals surface area contributed by atoms with Crippen molar-refractivity contribution >= 4 is 23.2 Å². The third kappa shape index (κ3) is 5.47. The van der Waals surface area contributed by atoms with Crippen LogP contribution in [-0.2, 0) is 4.79 Å². The maximum atomic E-state index is 12.3. The molecule has 0 saturated heterocycles. The SMILES string of the molecule is Cc1cc(NC(=O)COc2ccccc2C(C)C)ccc1NC(=O)c1ccccc1. The van der Waals surface area contributed by atoms with Gasteiger partial charge in [-0.2, -0.15) is 0 Å². The van der Waals surface area contributed by atoms with Crippen LogP contribution in [0.4, 0.5) is 11.4 Å². The van der Waals surface area contributed by atoms with Crippen LogP contribution in [0.3, 0.4) is 0 Å². The van der Waals surface area contributed by atoms with Gasteiger partial charge in [-0.3, -0.25) is 9.59 Å². The monoisotopic (exact) mass is 402 g/mol. The fraction of sp³-hybridized carbons (Fsp3) is 0.200. The van der Waals surface area contributed by atoms with Crippen LogP contribution in [0.2, 0.25) is 0 Å². The van der Waals surface area contributed by atoms with Crippen molar-refractivity contribution in [3.05, 3.63) is 89.5 Å². The van der Waals surface area contributed by atoms with E-state index in [0.717, 1.165) is 16.9 Å². The second-order valence-corrected chi connectivity index (χ2v) is 7.38. The number of carbonyl (C=O) groups excluding carboxylic acids is 2. The van der Waals surface area contributed by atoms with Gasteiger partial charge in [-0.25, -0.2) is 0 Å². The molecule has 5 nitrogen and oxygen atoms in total. The molecule has 0 heterocycles. The van der Waals surface area contributed by atoms with Gasteiger partial charge in [0, 0.05) is 16.9 Å². The van der Waals surface area contributed by atoms with Crippen molar-refractivity contribution in [2.75, 3.05) is 17.2 Å². The number of hydrogen-bond donors (Lipinski definition) is 2. The van der Waals surface area contributed by atoms with Gasteiger partial charge < -0.3 is 15.4 Å². The van der Waals surface area contributed by atoms with E-state index in [9.17, 15) is 9.59 Å². The van der Waals surface area contributed by atoms with Crippen LogP contribution in [0.1, 0.15) is 41.3 Å². The molecule has 0 aliphatic heterocycles. The highest BCUT2D eigenvalue weighted by Crippen LogP contribution is 2.26. The van der Waals surface area contributed by atoms with Crippen LogP contribution in [0.5, 0.6) is 5.75 Å². The standard InChI is InChI=1S/C25H26N2O3/c1-17(2)21-11-7-8-12-23(21)30-16-24(28)26-20-13-14-22(18(3)15-20)27-25(29)19-9-5-4-6-10-19/h4-15,17H,16H2,1-3H3,(H,26,28)(H,27,29). The van der Waals surface area contributed by atoms with Crippen molar-refractivity contribution < 1.29 is 14.3 Å². The summed E-state index contributed by atoms with van der Waals surface area (Å²) in [4.78, 5) is 24.6. The summed E-state index contributed by atoms with van der Waals surface area (Å²) in [7, 11) is 0. The van der Waals surface area contributed by atoms with Gasteiger partial charge in [-0.05, 0) is 60.4 Å². The molecule has 3 rings (SSSR count). The van der Waals surface area contributed by atoms with Gasteiger partial charge in [-0.15, -0.1) is 0 Å². The Morgan fingerprint density at radius 1 is 0.900 bits per heavy atom. The zero-order valence-electron chi connectivity index (χ0n) is 17.4. The molecule has 2 N–H and O–H groups in total. The molecule has 5 heteroatoms. The van der Waals surface area contributed by atoms with Crippen LogP contribution in [-0.4, -0.2) is 18.4 Å². The lowest BCUT2D eigenvalue weighted by molar-refractivity contribution is -0.118. The zero-order chi connectivity index (χ0) is 21.5. The molecule has 0 spiro atoms. The maximum Gasteiger partial charge on any atom is 0.262 e. The van der Waals surface area contributed by atoms with E-state index >= 15 is 0 Å². The normalized spacial score (nSPS) is 10.5. The quantitative estimate of drug-likeness (QED) is 0.557. The van der Waals surface area contributed by atoms with Crippen molar-refractivity contribution in [2.24, 2.45) is 0 Å². The Hall–Kier alpha value is -3.60. The Morgan fingerprint density at radius 2 is 1.60 bits per heavy atom. The minimum absolute atomic E-state index is 0.0741. The molecular formula is C25H26N2O3. The smallest absolute Gasteiger partial charge is 0.262 e. The van der Waals surface area contributed by atoms with Crippen LogP contribution < -0.4 is 15.4 Å². The van der Waals surface area contributed by atoms with E-state index in [4.69, 9.17) is 4.74 Å². The minimum Gasteiger partial charge on any atom is -0.483 e. The van der Waals surface area contributed by atoms with Crippen molar-refractivity contribution in [2.45, 2.75) is 26.7 Å². The van der Waals surface area contributed by atoms with Crippen molar-refractivity contribution in [3.8, 4) is 5.75 Å². The molecule has 0 aliphatic carbocycles. The van der Waals surface area contributed by atoms with Gasteiger partial charge in [0.1, 0.15) is 5.75 Å². The molecule has 0 radical (unpaired) electrons. The molecule has 0 atom stereocenters. The fourth-order valence-electron chi connectivity index (χ4n) is 3.10. The number of aryl methyl sites for hydroxylation is 1. The first kappa shape index (κ1) is 21.1. The highest BCUT2D eigenvalue weighted by molar-refractivity contribution is 6.04. The predicted octanol–water partition coefficient (Wildman–Crippen LogP) is 5.39. The van der Waals surface area contributed by atoms with Crippen molar-refractivity contribution in [3.63, 3.8) is 0 Å². The molecule has 0 saturated carbocycles. The lowest BCUT2D eigenvalue weighted by atomic mass is 10.0. The van der Waals surface area contributed by atoms with Gasteiger partial charge in [0.05, 0.1) is 0 Å². The van der Waals surface area contributed by atoms with E-state index in [1.54, 1.807) is 24.3 Å². The molecule has 0 unspecified atom stereocenters. The summed E-state index contributed by atoms with van der Waals surface area (Å²) in [5.74, 6) is 0.616. The summed E-state index contributed by atoms with van der Waals surface area (Å²) in [6.45, 7) is 5.98. The van der Waals surface area contributed by atoms with Gasteiger partial charge in [0.25, 0.3) is 11.8 Å². The number of rotatable bonds is 7. The number of benzene rings is 3. The summed E-state index contributed by atoms with van der Waals surface area (Å²) < 4.78 is 5.72. The summed E-state index contributed by atoms with van der Waals surface area (Å²) >= 11 is 0. The first-order valence-electron chi connectivity index (χ1n) is 9.92. The molecule has 0 aliphatic rings. The number of hydrogen-bond acceptors (Lipinski definition) is 3. The number of carbonyl (C=O) groups is 2. The molecule has 2 amide bonds. The van der Waals surface area contributed by atoms with E-state index in [1.165, 1.54) is 0 Å². The first-order valence-corrected chi connectivity index (χ1v) is 9.92. The average Bonchev–Trinajstić information content (AvgIpc) is 2.75. The molecular weight excluding hydrogens is 376 g/mol. The molecule has 3 aromatic carbocycles. The highest BCUT2D eigenvalue weighted by atomic mass is 16.5. The molecule has 30 heavy (non-hydrogen) atoms. The predicted molar refractivity (Wildman–Crippen MR) is 120 cm³/mol. The number of anilines is 2. The minimum atomic E-state index is -0.242. The number of ether oxygens (including phenoxy) is 1. The summed E-state index contributed by atoms with van der Waals surface area (Å²) in [5.41, 5.74) is 3.86. The van der Waals surface area contributed by atoms with Gasteiger partial charge >= 0.3 is 0 Å². The Labute approximate surface area is 177 Å². The lowest BCUT2D eigenvalue weighted by Crippen LogP contribution is -2.20. The first-order chi connectivity index (χ1) is 14.4. The summed E-state index contributed by atoms with van der Waals surface area (Å²) in [6, 6.07) is 22.1. The molecule has 0 fully saturated rings. The summed E-state index contributed by atoms with van der Waals surface area (Å²) in [6.07, 6.45) is 0. The topological polar surface area (TPSA) is 67.4 Å². The lowest BCUT2D eigenvalue weighted by Gasteiger charge is -2.14. The zero-order valence-corrected chi connectivity index (χ0v) is 17.4. The van der Waals surface area contributed by atoms with Crippen molar-refractivity contribution in [1.29, 1.82) is 0 Å². The third-order valence-electron chi connectivity index (χ3n) is 4.69. The van der Waals surface area contributed by atoms with Gasteiger partial charge in [0.2, 0.25) is 0 Å². The van der Waals surface area contributed by atoms with Crippen LogP contribution in [0.15, 0.2) is 72.8 Å². The third-order valence-corrected chi connectivity index (χ3v) is 4.69. The van der Waals surface area contributed by atoms with E-state index in [-0.39, 0.29) is 18.4 Å². The molecule has 154 valence electrons. The highest BCUT2D eigenvalue weighted by Gasteiger charge is 2.11. The van der Waals surface area contributed by atoms with E-state index in [0.29, 0.717) is 22.9 Å². The molecule has 0 aromatic heterocycles. The Balaban J connectivity index is 1.59. The van der Waals surface area contributed by atoms with E-state index < -0.39 is 0 Å². The Morgan fingerprint density at radius 3 is 2.30 bits per heavy atom. The average molecular weight is 402 g/mol. The largest absolute Gasteiger partial charge is 0.483 e. The molecule has 3 aromatic rings. The number of para-hydroxylation sites is 1. The Kier molecular flexibility index (Phi) is 6.86. The number of amides is 2. The molecule has 0 bridgehead atoms. The van der Waals surface area contributed by atoms with Gasteiger partial charge in [-0.1, -0.05) is 50.2 Å². The fourth-order valence-corrected chi connectivity index (χ4v) is 3.10. The summed E-state index contributed by atoms with van der Waals surface area (Å²) in [5, 5.41) is 5.73. The Bertz CT molecular complexity index is 1030. The van der Waals surface area contributed by atoms with E-state index in [2.05, 4.69) is 24.5 Å². The van der Waals surface area contributed by atoms with Crippen molar-refractivity contribution in [1.82, 2.24) is 0 Å². The van der Waals surface area contributed by atoms with Crippen LogP contribution in [0.25, 0.3) is 0 Å². The second-order valence-electron chi connectivity index (χ2n) is 7.38. The van der Waals surface area contributed by atoms with Crippen LogP contribution >= 0.6 is 0 Å². The number of nitrogens with one attached hydrogen (secondary N) is 2. The van der Waals surface area contributed by atoms with E-state index in [1.807, 2.05) is 55.5 Å². The maximum absolute atomic E-state index is 12.3. The van der Waals surface area contributed by atoms with Crippen LogP contribution in [0, 0.1) is 6.92 Å².